The minimum Gasteiger partial charge on any atom is -0.488 e. The van der Waals surface area contributed by atoms with E-state index in [1.807, 2.05) is 12.2 Å². The molecule has 0 radical (unpaired) electrons. The second-order valence-corrected chi connectivity index (χ2v) is 7.15. The number of benzene rings is 1. The second kappa shape index (κ2) is 9.11. The van der Waals surface area contributed by atoms with Gasteiger partial charge < -0.3 is 30.0 Å². The van der Waals surface area contributed by atoms with Gasteiger partial charge in [-0.05, 0) is 25.1 Å². The average Bonchev–Trinajstić information content (AvgIpc) is 2.67. The number of amides is 2. The molecular weight excluding hydrogens is 376 g/mol. The number of carbonyl (C=O) groups is 2. The summed E-state index contributed by atoms with van der Waals surface area (Å²) in [6.07, 6.45) is 5.32. The lowest BCUT2D eigenvalue weighted by molar-refractivity contribution is -0.138. The van der Waals surface area contributed by atoms with Gasteiger partial charge in [-0.25, -0.2) is 0 Å². The van der Waals surface area contributed by atoms with E-state index >= 15 is 0 Å². The molecule has 1 aromatic carbocycles. The molecule has 8 nitrogen and oxygen atoms in total. The fourth-order valence-corrected chi connectivity index (χ4v) is 3.08. The molecule has 29 heavy (non-hydrogen) atoms. The molecule has 1 unspecified atom stereocenters. The molecule has 1 saturated heterocycles. The summed E-state index contributed by atoms with van der Waals surface area (Å²) in [4.78, 5) is 25.8. The Morgan fingerprint density at radius 2 is 2.00 bits per heavy atom. The Kier molecular flexibility index (Phi) is 6.56. The van der Waals surface area contributed by atoms with Gasteiger partial charge >= 0.3 is 0 Å². The normalized spacial score (nSPS) is 19.9. The third-order valence-corrected chi connectivity index (χ3v) is 4.82. The first-order valence-corrected chi connectivity index (χ1v) is 9.49. The van der Waals surface area contributed by atoms with E-state index in [-0.39, 0.29) is 30.3 Å². The number of nitrogens with two attached hydrogens (primary N) is 1. The number of ether oxygens (including phenoxy) is 3. The number of hydrogen-bond acceptors (Lipinski definition) is 6. The van der Waals surface area contributed by atoms with Gasteiger partial charge in [0, 0.05) is 43.8 Å². The van der Waals surface area contributed by atoms with E-state index in [2.05, 4.69) is 0 Å². The Labute approximate surface area is 169 Å². The van der Waals surface area contributed by atoms with Gasteiger partial charge in [0.1, 0.15) is 23.7 Å². The quantitative estimate of drug-likeness (QED) is 0.672. The van der Waals surface area contributed by atoms with Crippen molar-refractivity contribution in [3.63, 3.8) is 0 Å². The fraction of sp³-hybridized carbons (Fsp3) is 0.429. The van der Waals surface area contributed by atoms with E-state index in [1.54, 1.807) is 37.1 Å². The molecule has 0 aromatic heterocycles. The highest BCUT2D eigenvalue weighted by Gasteiger charge is 2.32. The Morgan fingerprint density at radius 3 is 2.59 bits per heavy atom. The molecule has 0 bridgehead atoms. The Balaban J connectivity index is 1.63. The predicted molar refractivity (Wildman–Crippen MR) is 106 cm³/mol. The number of carbonyl (C=O) groups excluding carboxylic acids is 2. The largest absolute Gasteiger partial charge is 0.488 e. The lowest BCUT2D eigenvalue weighted by Crippen LogP contribution is -2.54. The van der Waals surface area contributed by atoms with Crippen molar-refractivity contribution in [2.24, 2.45) is 5.73 Å². The molecular formula is C21H26N2O6. The molecule has 1 aromatic rings. The van der Waals surface area contributed by atoms with Crippen molar-refractivity contribution >= 4 is 11.8 Å². The van der Waals surface area contributed by atoms with Crippen molar-refractivity contribution in [2.75, 3.05) is 26.8 Å². The summed E-state index contributed by atoms with van der Waals surface area (Å²) in [6, 6.07) is 4.69. The monoisotopic (exact) mass is 402 g/mol. The maximum atomic E-state index is 12.4. The van der Waals surface area contributed by atoms with Crippen LogP contribution in [0.2, 0.25) is 0 Å². The van der Waals surface area contributed by atoms with Crippen LogP contribution in [0.25, 0.3) is 0 Å². The van der Waals surface area contributed by atoms with Gasteiger partial charge in [0.05, 0.1) is 12.7 Å². The lowest BCUT2D eigenvalue weighted by atomic mass is 10.0. The molecule has 0 saturated carbocycles. The van der Waals surface area contributed by atoms with Crippen molar-refractivity contribution < 1.29 is 28.9 Å². The molecule has 1 heterocycles. The molecule has 2 aliphatic rings. The zero-order valence-corrected chi connectivity index (χ0v) is 16.5. The first-order valence-electron chi connectivity index (χ1n) is 9.49. The summed E-state index contributed by atoms with van der Waals surface area (Å²) in [5, 5.41) is 9.16. The van der Waals surface area contributed by atoms with Crippen molar-refractivity contribution in [1.29, 1.82) is 0 Å². The van der Waals surface area contributed by atoms with Crippen molar-refractivity contribution in [2.45, 2.75) is 31.7 Å². The van der Waals surface area contributed by atoms with E-state index in [4.69, 9.17) is 25.1 Å². The lowest BCUT2D eigenvalue weighted by Gasteiger charge is -2.38. The van der Waals surface area contributed by atoms with E-state index < -0.39 is 12.0 Å². The fourth-order valence-electron chi connectivity index (χ4n) is 3.08. The number of nitrogens with zero attached hydrogens (tertiary/aromatic N) is 1. The first-order chi connectivity index (χ1) is 13.9. The number of aliphatic hydroxyl groups excluding tert-OH is 1. The number of likely N-dealkylation sites (tertiary alicyclic amines) is 1. The highest BCUT2D eigenvalue weighted by Crippen LogP contribution is 2.27. The molecule has 1 aliphatic heterocycles. The van der Waals surface area contributed by atoms with Crippen LogP contribution in [-0.2, 0) is 9.53 Å². The topological polar surface area (TPSA) is 111 Å². The predicted octanol–water partition coefficient (Wildman–Crippen LogP) is 1.04. The van der Waals surface area contributed by atoms with Crippen LogP contribution >= 0.6 is 0 Å². The van der Waals surface area contributed by atoms with Crippen molar-refractivity contribution in [1.82, 2.24) is 4.90 Å². The second-order valence-electron chi connectivity index (χ2n) is 7.15. The summed E-state index contributed by atoms with van der Waals surface area (Å²) in [6.45, 7) is 2.76. The van der Waals surface area contributed by atoms with Gasteiger partial charge in [0.25, 0.3) is 5.91 Å². The van der Waals surface area contributed by atoms with Crippen molar-refractivity contribution in [3.8, 4) is 11.5 Å². The van der Waals surface area contributed by atoms with E-state index in [0.29, 0.717) is 36.6 Å². The zero-order chi connectivity index (χ0) is 21.0. The summed E-state index contributed by atoms with van der Waals surface area (Å²) < 4.78 is 16.7. The molecule has 2 amide bonds. The van der Waals surface area contributed by atoms with Gasteiger partial charge in [-0.1, -0.05) is 12.2 Å². The van der Waals surface area contributed by atoms with E-state index in [0.717, 1.165) is 0 Å². The highest BCUT2D eigenvalue weighted by molar-refractivity contribution is 5.97. The van der Waals surface area contributed by atoms with Crippen LogP contribution in [0.3, 0.4) is 0 Å². The standard InChI is InChI=1S/C21H26N2O6/c1-13(12-24)28-17-7-15(20(22)25)8-18(9-17)29-16-5-3-14(4-6-16)21(26)23-10-19(11-23)27-2/h3-5,7-9,13,16,19,24H,6,10-12H2,1-2H3,(H2,22,25)/t13-,16?/m0/s1. The zero-order valence-electron chi connectivity index (χ0n) is 16.5. The SMILES string of the molecule is COC1CN(C(=O)C2=CCC(Oc3cc(O[C@@H](C)CO)cc(C(N)=O)c3)C=C2)C1. The van der Waals surface area contributed by atoms with Gasteiger partial charge in [-0.15, -0.1) is 0 Å². The number of rotatable bonds is 8. The summed E-state index contributed by atoms with van der Waals surface area (Å²) in [5.74, 6) is 0.185. The maximum absolute atomic E-state index is 12.4. The van der Waals surface area contributed by atoms with Gasteiger partial charge in [-0.2, -0.15) is 0 Å². The number of primary amides is 1. The Bertz CT molecular complexity index is 828. The van der Waals surface area contributed by atoms with Crippen LogP contribution in [0.1, 0.15) is 23.7 Å². The minimum absolute atomic E-state index is 0.0163. The molecule has 1 aliphatic carbocycles. The molecule has 1 fully saturated rings. The van der Waals surface area contributed by atoms with E-state index in [1.165, 1.54) is 6.07 Å². The minimum atomic E-state index is -0.604. The summed E-state index contributed by atoms with van der Waals surface area (Å²) >= 11 is 0. The third kappa shape index (κ3) is 5.16. The molecule has 2 atom stereocenters. The smallest absolute Gasteiger partial charge is 0.253 e. The number of aliphatic hydroxyl groups is 1. The summed E-state index contributed by atoms with van der Waals surface area (Å²) in [5.41, 5.74) is 6.27. The van der Waals surface area contributed by atoms with Gasteiger partial charge in [0.15, 0.2) is 0 Å². The van der Waals surface area contributed by atoms with Crippen LogP contribution in [0, 0.1) is 0 Å². The molecule has 156 valence electrons. The molecule has 3 N–H and O–H groups in total. The number of methoxy groups -OCH3 is 1. The highest BCUT2D eigenvalue weighted by atomic mass is 16.5. The Hall–Kier alpha value is -2.84. The maximum Gasteiger partial charge on any atom is 0.253 e. The van der Waals surface area contributed by atoms with Crippen LogP contribution in [0.5, 0.6) is 11.5 Å². The first kappa shape index (κ1) is 20.9. The molecule has 3 rings (SSSR count). The Morgan fingerprint density at radius 1 is 1.28 bits per heavy atom. The third-order valence-electron chi connectivity index (χ3n) is 4.82. The molecule has 0 spiro atoms. The number of hydrogen-bond donors (Lipinski definition) is 2. The van der Waals surface area contributed by atoms with Crippen LogP contribution in [-0.4, -0.2) is 66.9 Å². The van der Waals surface area contributed by atoms with Crippen molar-refractivity contribution in [3.05, 3.63) is 47.6 Å². The molecule has 8 heteroatoms. The van der Waals surface area contributed by atoms with Crippen LogP contribution < -0.4 is 15.2 Å². The van der Waals surface area contributed by atoms with E-state index in [9.17, 15) is 9.59 Å². The average molecular weight is 402 g/mol. The summed E-state index contributed by atoms with van der Waals surface area (Å²) in [7, 11) is 1.64. The van der Waals surface area contributed by atoms with Crippen LogP contribution in [0.4, 0.5) is 0 Å². The van der Waals surface area contributed by atoms with Gasteiger partial charge in [0.2, 0.25) is 5.91 Å². The van der Waals surface area contributed by atoms with Crippen LogP contribution in [0.15, 0.2) is 42.0 Å². The van der Waals surface area contributed by atoms with Gasteiger partial charge in [-0.3, -0.25) is 9.59 Å².